The highest BCUT2D eigenvalue weighted by molar-refractivity contribution is 6.30. The molecule has 0 spiro atoms. The number of carbonyl (C=O) groups excluding carboxylic acids is 1. The topological polar surface area (TPSA) is 80.0 Å². The van der Waals surface area contributed by atoms with E-state index in [1.165, 1.54) is 18.5 Å². The number of anilines is 1. The molecule has 1 fully saturated rings. The van der Waals surface area contributed by atoms with Crippen molar-refractivity contribution in [3.8, 4) is 5.69 Å². The summed E-state index contributed by atoms with van der Waals surface area (Å²) in [6.07, 6.45) is 1.48. The molecular formula is C21H17ClFN7O. The molecule has 0 radical (unpaired) electrons. The van der Waals surface area contributed by atoms with Crippen molar-refractivity contribution in [1.82, 2.24) is 29.9 Å². The van der Waals surface area contributed by atoms with Gasteiger partial charge in [-0.3, -0.25) is 4.79 Å². The SMILES string of the molecule is O=C(c1cccc(F)c1)N1CCN(c2ncnc3c2nnn3-c2ccc(Cl)cc2)CC1. The maximum atomic E-state index is 13.5. The standard InChI is InChI=1S/C21H17ClFN7O/c22-15-4-6-17(7-5-15)30-20-18(26-27-30)19(24-13-25-20)28-8-10-29(11-9-28)21(31)14-2-1-3-16(23)12-14/h1-7,12-13H,8-11H2. The molecular weight excluding hydrogens is 421 g/mol. The number of amides is 1. The molecule has 2 aromatic carbocycles. The number of hydrogen-bond donors (Lipinski definition) is 0. The third-order valence-corrected chi connectivity index (χ3v) is 5.48. The van der Waals surface area contributed by atoms with E-state index in [1.807, 2.05) is 12.1 Å². The predicted octanol–water partition coefficient (Wildman–Crippen LogP) is 2.97. The van der Waals surface area contributed by atoms with Crippen molar-refractivity contribution in [2.75, 3.05) is 31.1 Å². The largest absolute Gasteiger partial charge is 0.351 e. The lowest BCUT2D eigenvalue weighted by atomic mass is 10.1. The first kappa shape index (κ1) is 19.4. The van der Waals surface area contributed by atoms with Gasteiger partial charge in [-0.2, -0.15) is 4.68 Å². The fourth-order valence-corrected chi connectivity index (χ4v) is 3.78. The summed E-state index contributed by atoms with van der Waals surface area (Å²) in [7, 11) is 0. The number of hydrogen-bond acceptors (Lipinski definition) is 6. The van der Waals surface area contributed by atoms with Crippen LogP contribution in [0.5, 0.6) is 0 Å². The highest BCUT2D eigenvalue weighted by Gasteiger charge is 2.25. The Kier molecular flexibility index (Phi) is 4.95. The smallest absolute Gasteiger partial charge is 0.254 e. The summed E-state index contributed by atoms with van der Waals surface area (Å²) in [4.78, 5) is 25.2. The number of aromatic nitrogens is 5. The molecule has 156 valence electrons. The quantitative estimate of drug-likeness (QED) is 0.490. The van der Waals surface area contributed by atoms with E-state index in [0.29, 0.717) is 53.7 Å². The summed E-state index contributed by atoms with van der Waals surface area (Å²) in [5.41, 5.74) is 2.32. The molecule has 3 heterocycles. The van der Waals surface area contributed by atoms with E-state index < -0.39 is 5.82 Å². The van der Waals surface area contributed by atoms with Gasteiger partial charge in [0.15, 0.2) is 17.0 Å². The number of nitrogens with zero attached hydrogens (tertiary/aromatic N) is 7. The van der Waals surface area contributed by atoms with Gasteiger partial charge in [-0.05, 0) is 42.5 Å². The fraction of sp³-hybridized carbons (Fsp3) is 0.190. The second kappa shape index (κ2) is 7.92. The first-order chi connectivity index (χ1) is 15.1. The van der Waals surface area contributed by atoms with Crippen LogP contribution in [0, 0.1) is 5.82 Å². The Morgan fingerprint density at radius 1 is 1.00 bits per heavy atom. The van der Waals surface area contributed by atoms with E-state index >= 15 is 0 Å². The zero-order valence-electron chi connectivity index (χ0n) is 16.3. The van der Waals surface area contributed by atoms with Crippen LogP contribution in [-0.4, -0.2) is 61.9 Å². The molecule has 1 amide bonds. The van der Waals surface area contributed by atoms with Crippen molar-refractivity contribution < 1.29 is 9.18 Å². The summed E-state index contributed by atoms with van der Waals surface area (Å²) in [6, 6.07) is 13.0. The molecule has 0 N–H and O–H groups in total. The summed E-state index contributed by atoms with van der Waals surface area (Å²) in [5.74, 6) is 0.0698. The van der Waals surface area contributed by atoms with Crippen LogP contribution in [0.15, 0.2) is 54.9 Å². The Morgan fingerprint density at radius 2 is 1.77 bits per heavy atom. The highest BCUT2D eigenvalue weighted by atomic mass is 35.5. The van der Waals surface area contributed by atoms with Gasteiger partial charge < -0.3 is 9.80 Å². The number of rotatable bonds is 3. The Balaban J connectivity index is 1.36. The second-order valence-electron chi connectivity index (χ2n) is 7.14. The number of benzene rings is 2. The van der Waals surface area contributed by atoms with Crippen LogP contribution in [-0.2, 0) is 0 Å². The van der Waals surface area contributed by atoms with Crippen molar-refractivity contribution in [3.05, 3.63) is 71.3 Å². The van der Waals surface area contributed by atoms with Crippen LogP contribution in [0.2, 0.25) is 5.02 Å². The summed E-state index contributed by atoms with van der Waals surface area (Å²) in [5, 5.41) is 9.16. The van der Waals surface area contributed by atoms with E-state index in [1.54, 1.807) is 33.8 Å². The number of fused-ring (bicyclic) bond motifs is 1. The minimum atomic E-state index is -0.420. The Morgan fingerprint density at radius 3 is 2.52 bits per heavy atom. The highest BCUT2D eigenvalue weighted by Crippen LogP contribution is 2.24. The fourth-order valence-electron chi connectivity index (χ4n) is 3.65. The normalized spacial score (nSPS) is 14.3. The monoisotopic (exact) mass is 437 g/mol. The van der Waals surface area contributed by atoms with Gasteiger partial charge in [-0.25, -0.2) is 14.4 Å². The zero-order valence-corrected chi connectivity index (χ0v) is 17.1. The first-order valence-electron chi connectivity index (χ1n) is 9.72. The van der Waals surface area contributed by atoms with Crippen molar-refractivity contribution in [3.63, 3.8) is 0 Å². The van der Waals surface area contributed by atoms with Crippen molar-refractivity contribution >= 4 is 34.5 Å². The molecule has 0 bridgehead atoms. The van der Waals surface area contributed by atoms with Gasteiger partial charge in [0, 0.05) is 36.8 Å². The van der Waals surface area contributed by atoms with Gasteiger partial charge in [0.2, 0.25) is 0 Å². The Labute approximate surface area is 181 Å². The minimum Gasteiger partial charge on any atom is -0.351 e. The van der Waals surface area contributed by atoms with E-state index in [-0.39, 0.29) is 5.91 Å². The molecule has 4 aromatic rings. The molecule has 1 aliphatic rings. The van der Waals surface area contributed by atoms with Gasteiger partial charge in [-0.15, -0.1) is 5.10 Å². The number of piperazine rings is 1. The molecule has 8 nitrogen and oxygen atoms in total. The van der Waals surface area contributed by atoms with Crippen molar-refractivity contribution in [2.45, 2.75) is 0 Å². The molecule has 0 aliphatic carbocycles. The molecule has 0 saturated carbocycles. The molecule has 5 rings (SSSR count). The molecule has 31 heavy (non-hydrogen) atoms. The third-order valence-electron chi connectivity index (χ3n) is 5.23. The molecule has 10 heteroatoms. The zero-order chi connectivity index (χ0) is 21.4. The van der Waals surface area contributed by atoms with Gasteiger partial charge in [0.1, 0.15) is 12.1 Å². The molecule has 2 aromatic heterocycles. The predicted molar refractivity (Wildman–Crippen MR) is 114 cm³/mol. The number of halogens is 2. The summed E-state index contributed by atoms with van der Waals surface area (Å²) < 4.78 is 15.1. The third kappa shape index (κ3) is 3.68. The van der Waals surface area contributed by atoms with Crippen LogP contribution in [0.3, 0.4) is 0 Å². The van der Waals surface area contributed by atoms with Crippen LogP contribution in [0.1, 0.15) is 10.4 Å². The maximum Gasteiger partial charge on any atom is 0.254 e. The van der Waals surface area contributed by atoms with Gasteiger partial charge >= 0.3 is 0 Å². The molecule has 0 unspecified atom stereocenters. The van der Waals surface area contributed by atoms with E-state index in [2.05, 4.69) is 25.2 Å². The van der Waals surface area contributed by atoms with E-state index in [9.17, 15) is 9.18 Å². The maximum absolute atomic E-state index is 13.5. The second-order valence-corrected chi connectivity index (χ2v) is 7.57. The lowest BCUT2D eigenvalue weighted by Gasteiger charge is -2.35. The lowest BCUT2D eigenvalue weighted by molar-refractivity contribution is 0.0746. The van der Waals surface area contributed by atoms with E-state index in [0.717, 1.165) is 5.69 Å². The molecule has 1 aliphatic heterocycles. The average Bonchev–Trinajstić information content (AvgIpc) is 3.23. The number of carbonyl (C=O) groups is 1. The molecule has 1 saturated heterocycles. The van der Waals surface area contributed by atoms with E-state index in [4.69, 9.17) is 11.6 Å². The van der Waals surface area contributed by atoms with Crippen LogP contribution >= 0.6 is 11.6 Å². The van der Waals surface area contributed by atoms with Crippen LogP contribution in [0.25, 0.3) is 16.9 Å². The Bertz CT molecular complexity index is 1250. The van der Waals surface area contributed by atoms with Gasteiger partial charge in [-0.1, -0.05) is 22.9 Å². The van der Waals surface area contributed by atoms with Crippen LogP contribution < -0.4 is 4.90 Å². The van der Waals surface area contributed by atoms with Crippen molar-refractivity contribution in [1.29, 1.82) is 0 Å². The van der Waals surface area contributed by atoms with Gasteiger partial charge in [0.25, 0.3) is 5.91 Å². The first-order valence-corrected chi connectivity index (χ1v) is 10.1. The summed E-state index contributed by atoms with van der Waals surface area (Å²) >= 11 is 5.97. The van der Waals surface area contributed by atoms with Crippen LogP contribution in [0.4, 0.5) is 10.2 Å². The van der Waals surface area contributed by atoms with Gasteiger partial charge in [0.05, 0.1) is 5.69 Å². The Hall–Kier alpha value is -3.59. The molecule has 0 atom stereocenters. The minimum absolute atomic E-state index is 0.180. The summed E-state index contributed by atoms with van der Waals surface area (Å²) in [6.45, 7) is 2.13. The van der Waals surface area contributed by atoms with Crippen molar-refractivity contribution in [2.24, 2.45) is 0 Å². The lowest BCUT2D eigenvalue weighted by Crippen LogP contribution is -2.49. The average molecular weight is 438 g/mol.